The Labute approximate surface area is 228 Å². The van der Waals surface area contributed by atoms with Gasteiger partial charge in [0.2, 0.25) is 11.8 Å². The summed E-state index contributed by atoms with van der Waals surface area (Å²) in [4.78, 5) is 42.2. The van der Waals surface area contributed by atoms with Gasteiger partial charge in [-0.3, -0.25) is 9.59 Å². The van der Waals surface area contributed by atoms with Crippen LogP contribution < -0.4 is 10.6 Å². The highest BCUT2D eigenvalue weighted by atomic mass is 16.6. The third kappa shape index (κ3) is 9.51. The molecule has 38 heavy (non-hydrogen) atoms. The number of alkyl carbamates (subject to hydrolysis) is 1. The zero-order chi connectivity index (χ0) is 28.5. The van der Waals surface area contributed by atoms with Gasteiger partial charge in [0.25, 0.3) is 0 Å². The summed E-state index contributed by atoms with van der Waals surface area (Å²) in [5.41, 5.74) is 2.94. The van der Waals surface area contributed by atoms with Crippen LogP contribution in [0.2, 0.25) is 0 Å². The Kier molecular flexibility index (Phi) is 11.4. The summed E-state index contributed by atoms with van der Waals surface area (Å²) in [7, 11) is 0. The molecule has 0 aliphatic carbocycles. The summed E-state index contributed by atoms with van der Waals surface area (Å²) in [6.45, 7) is 15.5. The first-order valence-electron chi connectivity index (χ1n) is 13.6. The van der Waals surface area contributed by atoms with Crippen molar-refractivity contribution >= 4 is 17.9 Å². The van der Waals surface area contributed by atoms with Gasteiger partial charge in [-0.05, 0) is 66.0 Å². The van der Waals surface area contributed by atoms with Gasteiger partial charge in [-0.1, -0.05) is 73.0 Å². The Balaban J connectivity index is 2.50. The highest BCUT2D eigenvalue weighted by Gasteiger charge is 2.36. The Hall–Kier alpha value is -3.35. The van der Waals surface area contributed by atoms with Crippen molar-refractivity contribution in [2.24, 2.45) is 0 Å². The second-order valence-electron chi connectivity index (χ2n) is 11.0. The maximum atomic E-state index is 14.2. The molecule has 7 nitrogen and oxygen atoms in total. The van der Waals surface area contributed by atoms with Gasteiger partial charge in [-0.25, -0.2) is 4.79 Å². The summed E-state index contributed by atoms with van der Waals surface area (Å²) in [5, 5.41) is 5.89. The lowest BCUT2D eigenvalue weighted by molar-refractivity contribution is -0.142. The number of hydrogen-bond acceptors (Lipinski definition) is 4. The highest BCUT2D eigenvalue weighted by Crippen LogP contribution is 2.26. The molecule has 0 spiro atoms. The van der Waals surface area contributed by atoms with E-state index in [2.05, 4.69) is 17.6 Å². The van der Waals surface area contributed by atoms with E-state index >= 15 is 0 Å². The molecule has 2 aromatic rings. The fraction of sp³-hybridized carbons (Fsp3) is 0.516. The minimum Gasteiger partial charge on any atom is -0.444 e. The molecule has 2 rings (SSSR count). The molecule has 2 aromatic carbocycles. The third-order valence-electron chi connectivity index (χ3n) is 6.13. The van der Waals surface area contributed by atoms with Crippen LogP contribution in [0.3, 0.4) is 0 Å². The molecule has 0 radical (unpaired) electrons. The number of likely N-dealkylation sites (N-methyl/N-ethyl adjacent to an activating group) is 1. The molecule has 7 heteroatoms. The van der Waals surface area contributed by atoms with E-state index in [0.717, 1.165) is 35.1 Å². The van der Waals surface area contributed by atoms with Crippen LogP contribution in [0, 0.1) is 13.8 Å². The molecule has 3 amide bonds. The number of hydrogen-bond donors (Lipinski definition) is 2. The topological polar surface area (TPSA) is 87.7 Å². The number of ether oxygens (including phenoxy) is 1. The van der Waals surface area contributed by atoms with Crippen molar-refractivity contribution in [3.8, 4) is 0 Å². The van der Waals surface area contributed by atoms with Gasteiger partial charge < -0.3 is 20.3 Å². The Morgan fingerprint density at radius 3 is 2.08 bits per heavy atom. The molecule has 3 atom stereocenters. The van der Waals surface area contributed by atoms with Crippen LogP contribution in [0.25, 0.3) is 0 Å². The highest BCUT2D eigenvalue weighted by molar-refractivity contribution is 5.92. The van der Waals surface area contributed by atoms with Crippen LogP contribution in [-0.4, -0.2) is 47.0 Å². The number of nitrogens with one attached hydrogen (secondary N) is 2. The van der Waals surface area contributed by atoms with E-state index in [0.29, 0.717) is 0 Å². The first-order valence-corrected chi connectivity index (χ1v) is 13.6. The SMILES string of the molecule is CCCC(C)NC(=O)C(c1cc(C)cc(C)c1)N(CC)C(=O)C(Cc1ccccc1)NC(=O)OC(C)(C)C. The minimum absolute atomic E-state index is 0.0327. The van der Waals surface area contributed by atoms with Gasteiger partial charge in [-0.15, -0.1) is 0 Å². The number of nitrogens with zero attached hydrogens (tertiary/aromatic N) is 1. The molecule has 0 saturated heterocycles. The number of benzene rings is 2. The Bertz CT molecular complexity index is 1060. The van der Waals surface area contributed by atoms with Crippen molar-refractivity contribution in [1.82, 2.24) is 15.5 Å². The molecular formula is C31H45N3O4. The predicted molar refractivity (Wildman–Crippen MR) is 152 cm³/mol. The summed E-state index contributed by atoms with van der Waals surface area (Å²) in [5.74, 6) is -0.577. The van der Waals surface area contributed by atoms with E-state index in [-0.39, 0.29) is 30.8 Å². The number of carbonyl (C=O) groups excluding carboxylic acids is 3. The Morgan fingerprint density at radius 1 is 0.947 bits per heavy atom. The van der Waals surface area contributed by atoms with Crippen molar-refractivity contribution in [3.63, 3.8) is 0 Å². The largest absolute Gasteiger partial charge is 0.444 e. The molecule has 0 aliphatic rings. The zero-order valence-corrected chi connectivity index (χ0v) is 24.3. The van der Waals surface area contributed by atoms with Crippen LogP contribution in [-0.2, 0) is 20.7 Å². The summed E-state index contributed by atoms with van der Waals surface area (Å²) in [6.07, 6.45) is 1.36. The molecule has 3 unspecified atom stereocenters. The number of carbonyl (C=O) groups is 3. The monoisotopic (exact) mass is 523 g/mol. The zero-order valence-electron chi connectivity index (χ0n) is 24.3. The van der Waals surface area contributed by atoms with Crippen molar-refractivity contribution in [2.75, 3.05) is 6.54 Å². The van der Waals surface area contributed by atoms with Gasteiger partial charge in [0.1, 0.15) is 17.7 Å². The molecule has 2 N–H and O–H groups in total. The summed E-state index contributed by atoms with van der Waals surface area (Å²) >= 11 is 0. The number of rotatable bonds is 11. The van der Waals surface area contributed by atoms with E-state index in [9.17, 15) is 14.4 Å². The van der Waals surface area contributed by atoms with E-state index < -0.39 is 23.8 Å². The molecule has 0 aromatic heterocycles. The summed E-state index contributed by atoms with van der Waals surface area (Å²) in [6, 6.07) is 13.7. The van der Waals surface area contributed by atoms with E-state index in [4.69, 9.17) is 4.74 Å². The maximum absolute atomic E-state index is 14.2. The summed E-state index contributed by atoms with van der Waals surface area (Å²) < 4.78 is 5.47. The molecule has 0 heterocycles. The molecule has 208 valence electrons. The van der Waals surface area contributed by atoms with Crippen LogP contribution in [0.15, 0.2) is 48.5 Å². The third-order valence-corrected chi connectivity index (χ3v) is 6.13. The lowest BCUT2D eigenvalue weighted by Gasteiger charge is -2.34. The normalized spacial score (nSPS) is 13.7. The van der Waals surface area contributed by atoms with Crippen molar-refractivity contribution in [2.45, 2.75) is 98.4 Å². The molecule has 0 saturated carbocycles. The van der Waals surface area contributed by atoms with Gasteiger partial charge in [0.05, 0.1) is 0 Å². The van der Waals surface area contributed by atoms with Gasteiger partial charge in [0.15, 0.2) is 0 Å². The lowest BCUT2D eigenvalue weighted by Crippen LogP contribution is -2.54. The molecule has 0 aliphatic heterocycles. The molecule has 0 bridgehead atoms. The van der Waals surface area contributed by atoms with Gasteiger partial charge in [0, 0.05) is 19.0 Å². The van der Waals surface area contributed by atoms with Crippen LogP contribution in [0.4, 0.5) is 4.79 Å². The number of amides is 3. The molecule has 0 fully saturated rings. The first kappa shape index (κ1) is 30.9. The van der Waals surface area contributed by atoms with Gasteiger partial charge in [-0.2, -0.15) is 0 Å². The second kappa shape index (κ2) is 14.0. The van der Waals surface area contributed by atoms with Crippen LogP contribution >= 0.6 is 0 Å². The standard InChI is InChI=1S/C31H45N3O4/c1-9-14-23(5)32-28(35)27(25-18-21(3)17-22(4)19-25)34(10-2)29(36)26(20-24-15-12-11-13-16-24)33-30(37)38-31(6,7)8/h11-13,15-19,23,26-27H,9-10,14,20H2,1-8H3,(H,32,35)(H,33,37). The average molecular weight is 524 g/mol. The smallest absolute Gasteiger partial charge is 0.408 e. The van der Waals surface area contributed by atoms with E-state index in [1.807, 2.05) is 76.2 Å². The fourth-order valence-electron chi connectivity index (χ4n) is 4.63. The maximum Gasteiger partial charge on any atom is 0.408 e. The second-order valence-corrected chi connectivity index (χ2v) is 11.0. The fourth-order valence-corrected chi connectivity index (χ4v) is 4.63. The van der Waals surface area contributed by atoms with Crippen LogP contribution in [0.5, 0.6) is 0 Å². The van der Waals surface area contributed by atoms with E-state index in [1.54, 1.807) is 25.7 Å². The quantitative estimate of drug-likeness (QED) is 0.399. The van der Waals surface area contributed by atoms with Crippen LogP contribution in [0.1, 0.15) is 82.7 Å². The Morgan fingerprint density at radius 2 is 1.55 bits per heavy atom. The number of aryl methyl sites for hydroxylation is 2. The lowest BCUT2D eigenvalue weighted by atomic mass is 9.97. The first-order chi connectivity index (χ1) is 17.8. The van der Waals surface area contributed by atoms with Crippen molar-refractivity contribution < 1.29 is 19.1 Å². The molecular weight excluding hydrogens is 478 g/mol. The van der Waals surface area contributed by atoms with E-state index in [1.165, 1.54) is 0 Å². The minimum atomic E-state index is -0.915. The average Bonchev–Trinajstić information content (AvgIpc) is 2.80. The predicted octanol–water partition coefficient (Wildman–Crippen LogP) is 5.63. The van der Waals surface area contributed by atoms with Gasteiger partial charge >= 0.3 is 6.09 Å². The van der Waals surface area contributed by atoms with Crippen molar-refractivity contribution in [1.29, 1.82) is 0 Å². The van der Waals surface area contributed by atoms with Crippen molar-refractivity contribution in [3.05, 3.63) is 70.8 Å².